The summed E-state index contributed by atoms with van der Waals surface area (Å²) in [5, 5.41) is 10.3. The number of hydrogen-bond donors (Lipinski definition) is 1. The lowest BCUT2D eigenvalue weighted by Gasteiger charge is -2.35. The Morgan fingerprint density at radius 1 is 1.06 bits per heavy atom. The molecule has 1 saturated carbocycles. The van der Waals surface area contributed by atoms with Crippen molar-refractivity contribution in [2.45, 2.75) is 56.3 Å². The quantitative estimate of drug-likeness (QED) is 0.805. The van der Waals surface area contributed by atoms with Crippen molar-refractivity contribution >= 4 is 0 Å². The number of ether oxygens (including phenoxy) is 1. The Morgan fingerprint density at radius 3 is 2.47 bits per heavy atom. The van der Waals surface area contributed by atoms with Gasteiger partial charge in [0, 0.05) is 6.42 Å². The molecule has 1 heterocycles. The fourth-order valence-corrected chi connectivity index (χ4v) is 3.30. The van der Waals surface area contributed by atoms with Crippen LogP contribution < -0.4 is 0 Å². The van der Waals surface area contributed by atoms with Crippen molar-refractivity contribution in [3.05, 3.63) is 35.9 Å². The molecule has 92 valence electrons. The molecule has 2 heteroatoms. The predicted octanol–water partition coefficient (Wildman–Crippen LogP) is 3.21. The first-order valence-electron chi connectivity index (χ1n) is 6.71. The van der Waals surface area contributed by atoms with Crippen molar-refractivity contribution in [2.75, 3.05) is 0 Å². The van der Waals surface area contributed by atoms with E-state index in [1.54, 1.807) is 0 Å². The molecule has 2 nitrogen and oxygen atoms in total. The van der Waals surface area contributed by atoms with Crippen LogP contribution in [-0.4, -0.2) is 16.8 Å². The molecule has 17 heavy (non-hydrogen) atoms. The highest BCUT2D eigenvalue weighted by atomic mass is 16.5. The maximum atomic E-state index is 10.3. The van der Waals surface area contributed by atoms with E-state index in [0.717, 1.165) is 19.3 Å². The van der Waals surface area contributed by atoms with Crippen LogP contribution >= 0.6 is 0 Å². The molecule has 0 unspecified atom stereocenters. The summed E-state index contributed by atoms with van der Waals surface area (Å²) in [5.41, 5.74) is 0.965. The number of aliphatic hydroxyl groups excluding tert-OH is 1. The monoisotopic (exact) mass is 232 g/mol. The van der Waals surface area contributed by atoms with Crippen LogP contribution in [-0.2, 0) is 4.74 Å². The van der Waals surface area contributed by atoms with Gasteiger partial charge in [-0.1, -0.05) is 49.6 Å². The molecule has 1 aliphatic heterocycles. The molecular weight excluding hydrogens is 212 g/mol. The zero-order chi connectivity index (χ0) is 11.7. The van der Waals surface area contributed by atoms with E-state index in [2.05, 4.69) is 12.1 Å². The van der Waals surface area contributed by atoms with Gasteiger partial charge in [-0.25, -0.2) is 0 Å². The van der Waals surface area contributed by atoms with E-state index in [1.807, 2.05) is 18.2 Å². The Labute approximate surface area is 103 Å². The second-order valence-corrected chi connectivity index (χ2v) is 5.39. The summed E-state index contributed by atoms with van der Waals surface area (Å²) >= 11 is 0. The molecule has 3 rings (SSSR count). The maximum absolute atomic E-state index is 10.3. The number of aliphatic hydroxyl groups is 1. The second-order valence-electron chi connectivity index (χ2n) is 5.39. The van der Waals surface area contributed by atoms with Gasteiger partial charge in [0.05, 0.1) is 17.8 Å². The molecule has 0 bridgehead atoms. The van der Waals surface area contributed by atoms with E-state index in [-0.39, 0.29) is 17.8 Å². The lowest BCUT2D eigenvalue weighted by molar-refractivity contribution is -0.104. The molecular formula is C15H20O2. The summed E-state index contributed by atoms with van der Waals surface area (Å²) in [4.78, 5) is 0. The van der Waals surface area contributed by atoms with E-state index >= 15 is 0 Å². The van der Waals surface area contributed by atoms with Gasteiger partial charge < -0.3 is 9.84 Å². The number of benzene rings is 1. The third kappa shape index (κ3) is 2.00. The van der Waals surface area contributed by atoms with Gasteiger partial charge >= 0.3 is 0 Å². The molecule has 0 aromatic heterocycles. The van der Waals surface area contributed by atoms with Gasteiger partial charge in [0.1, 0.15) is 0 Å². The van der Waals surface area contributed by atoms with Gasteiger partial charge in [0.15, 0.2) is 0 Å². The van der Waals surface area contributed by atoms with Crippen LogP contribution in [0.2, 0.25) is 0 Å². The first-order valence-corrected chi connectivity index (χ1v) is 6.71. The maximum Gasteiger partial charge on any atom is 0.0949 e. The highest BCUT2D eigenvalue weighted by molar-refractivity contribution is 5.20. The van der Waals surface area contributed by atoms with Gasteiger partial charge in [-0.15, -0.1) is 0 Å². The third-order valence-electron chi connectivity index (χ3n) is 4.29. The van der Waals surface area contributed by atoms with Gasteiger partial charge in [0.25, 0.3) is 0 Å². The Morgan fingerprint density at radius 2 is 1.76 bits per heavy atom. The van der Waals surface area contributed by atoms with Crippen molar-refractivity contribution in [1.82, 2.24) is 0 Å². The molecule has 1 N–H and O–H groups in total. The van der Waals surface area contributed by atoms with E-state index in [1.165, 1.54) is 24.8 Å². The highest BCUT2D eigenvalue weighted by Crippen LogP contribution is 2.47. The van der Waals surface area contributed by atoms with E-state index in [4.69, 9.17) is 4.74 Å². The average molecular weight is 232 g/mol. The molecule has 2 fully saturated rings. The third-order valence-corrected chi connectivity index (χ3v) is 4.29. The van der Waals surface area contributed by atoms with Gasteiger partial charge in [-0.2, -0.15) is 0 Å². The Bertz CT molecular complexity index is 368. The van der Waals surface area contributed by atoms with Gasteiger partial charge in [-0.05, 0) is 18.4 Å². The molecule has 1 aromatic carbocycles. The van der Waals surface area contributed by atoms with Crippen molar-refractivity contribution in [3.8, 4) is 0 Å². The lowest BCUT2D eigenvalue weighted by atomic mass is 9.81. The molecule has 2 aliphatic rings. The van der Waals surface area contributed by atoms with Crippen molar-refractivity contribution in [2.24, 2.45) is 0 Å². The topological polar surface area (TPSA) is 29.5 Å². The first kappa shape index (κ1) is 11.2. The van der Waals surface area contributed by atoms with Crippen LogP contribution in [0.25, 0.3) is 0 Å². The van der Waals surface area contributed by atoms with E-state index in [0.29, 0.717) is 0 Å². The smallest absolute Gasteiger partial charge is 0.0949 e. The zero-order valence-corrected chi connectivity index (χ0v) is 10.1. The molecule has 0 radical (unpaired) electrons. The van der Waals surface area contributed by atoms with Crippen LogP contribution in [0, 0.1) is 0 Å². The average Bonchev–Trinajstić information content (AvgIpc) is 2.69. The first-order chi connectivity index (χ1) is 8.30. The molecule has 1 aromatic rings. The molecule has 0 amide bonds. The minimum Gasteiger partial charge on any atom is -0.390 e. The van der Waals surface area contributed by atoms with Crippen LogP contribution in [0.5, 0.6) is 0 Å². The SMILES string of the molecule is O[C@@H]1C[C@H](c2ccccc2)OC12CCCCC2. The van der Waals surface area contributed by atoms with Crippen LogP contribution in [0.4, 0.5) is 0 Å². The summed E-state index contributed by atoms with van der Waals surface area (Å²) < 4.78 is 6.24. The van der Waals surface area contributed by atoms with Crippen LogP contribution in [0.15, 0.2) is 30.3 Å². The van der Waals surface area contributed by atoms with Crippen LogP contribution in [0.3, 0.4) is 0 Å². The zero-order valence-electron chi connectivity index (χ0n) is 10.1. The minimum absolute atomic E-state index is 0.0873. The van der Waals surface area contributed by atoms with Crippen molar-refractivity contribution in [1.29, 1.82) is 0 Å². The normalized spacial score (nSPS) is 31.8. The Kier molecular flexibility index (Phi) is 2.93. The predicted molar refractivity (Wildman–Crippen MR) is 66.7 cm³/mol. The molecule has 1 spiro atoms. The van der Waals surface area contributed by atoms with Gasteiger partial charge in [-0.3, -0.25) is 0 Å². The van der Waals surface area contributed by atoms with Crippen molar-refractivity contribution in [3.63, 3.8) is 0 Å². The largest absolute Gasteiger partial charge is 0.390 e. The molecule has 1 aliphatic carbocycles. The fourth-order valence-electron chi connectivity index (χ4n) is 3.30. The van der Waals surface area contributed by atoms with Gasteiger partial charge in [0.2, 0.25) is 0 Å². The van der Waals surface area contributed by atoms with E-state index in [9.17, 15) is 5.11 Å². The second kappa shape index (κ2) is 4.43. The number of rotatable bonds is 1. The fraction of sp³-hybridized carbons (Fsp3) is 0.600. The lowest BCUT2D eigenvalue weighted by Crippen LogP contribution is -2.40. The highest BCUT2D eigenvalue weighted by Gasteiger charge is 2.48. The van der Waals surface area contributed by atoms with Crippen LogP contribution in [0.1, 0.15) is 50.2 Å². The van der Waals surface area contributed by atoms with Crippen molar-refractivity contribution < 1.29 is 9.84 Å². The standard InChI is InChI=1S/C15H20O2/c16-14-11-13(12-7-3-1-4-8-12)17-15(14)9-5-2-6-10-15/h1,3-4,7-8,13-14,16H,2,5-6,9-11H2/t13-,14-/m1/s1. The van der Waals surface area contributed by atoms with E-state index < -0.39 is 0 Å². The number of hydrogen-bond acceptors (Lipinski definition) is 2. The molecule has 2 atom stereocenters. The summed E-state index contributed by atoms with van der Waals surface area (Å²) in [7, 11) is 0. The summed E-state index contributed by atoms with van der Waals surface area (Å²) in [6.45, 7) is 0. The Hall–Kier alpha value is -0.860. The summed E-state index contributed by atoms with van der Waals surface area (Å²) in [5.74, 6) is 0. The molecule has 1 saturated heterocycles. The minimum atomic E-state index is -0.284. The Balaban J connectivity index is 1.79. The summed E-state index contributed by atoms with van der Waals surface area (Å²) in [6, 6.07) is 10.3. The summed E-state index contributed by atoms with van der Waals surface area (Å²) in [6.07, 6.45) is 6.28.